The van der Waals surface area contributed by atoms with E-state index in [9.17, 15) is 13.2 Å². The van der Waals surface area contributed by atoms with Crippen LogP contribution in [-0.2, 0) is 6.18 Å². The summed E-state index contributed by atoms with van der Waals surface area (Å²) in [6.45, 7) is 0. The molecule has 0 bridgehead atoms. The van der Waals surface area contributed by atoms with Crippen molar-refractivity contribution in [2.75, 3.05) is 5.33 Å². The van der Waals surface area contributed by atoms with Crippen molar-refractivity contribution in [3.63, 3.8) is 0 Å². The average molecular weight is 279 g/mol. The maximum atomic E-state index is 12.2. The molecule has 0 heterocycles. The maximum absolute atomic E-state index is 12.2. The minimum Gasteiger partial charge on any atom is -0.166 e. The van der Waals surface area contributed by atoms with E-state index in [0.717, 1.165) is 29.4 Å². The van der Waals surface area contributed by atoms with Gasteiger partial charge in [0.25, 0.3) is 0 Å². The van der Waals surface area contributed by atoms with E-state index < -0.39 is 11.7 Å². The summed E-state index contributed by atoms with van der Waals surface area (Å²) in [5.74, 6) is 0. The van der Waals surface area contributed by atoms with Gasteiger partial charge in [-0.15, -0.1) is 0 Å². The van der Waals surface area contributed by atoms with E-state index in [0.29, 0.717) is 0 Å². The molecule has 15 heavy (non-hydrogen) atoms. The van der Waals surface area contributed by atoms with E-state index in [1.54, 1.807) is 6.08 Å². The lowest BCUT2D eigenvalue weighted by Gasteiger charge is -2.05. The Balaban J connectivity index is 2.73. The van der Waals surface area contributed by atoms with Gasteiger partial charge in [-0.2, -0.15) is 13.2 Å². The lowest BCUT2D eigenvalue weighted by atomic mass is 10.1. The third kappa shape index (κ3) is 4.08. The van der Waals surface area contributed by atoms with Gasteiger partial charge in [-0.1, -0.05) is 40.2 Å². The Morgan fingerprint density at radius 3 is 2.20 bits per heavy atom. The third-order valence-corrected chi connectivity index (χ3v) is 2.28. The molecule has 0 atom stereocenters. The third-order valence-electron chi connectivity index (χ3n) is 1.82. The summed E-state index contributed by atoms with van der Waals surface area (Å²) in [4.78, 5) is 0. The topological polar surface area (TPSA) is 0 Å². The standard InChI is InChI=1S/C11H10BrF3/c12-8-2-1-3-9-4-6-10(7-5-9)11(13,14)15/h1,3-7H,2,8H2/b3-1+. The van der Waals surface area contributed by atoms with E-state index in [4.69, 9.17) is 0 Å². The Morgan fingerprint density at radius 1 is 1.13 bits per heavy atom. The zero-order chi connectivity index (χ0) is 11.3. The van der Waals surface area contributed by atoms with E-state index >= 15 is 0 Å². The summed E-state index contributed by atoms with van der Waals surface area (Å²) in [7, 11) is 0. The van der Waals surface area contributed by atoms with Crippen molar-refractivity contribution in [2.24, 2.45) is 0 Å². The van der Waals surface area contributed by atoms with Gasteiger partial charge in [-0.25, -0.2) is 0 Å². The van der Waals surface area contributed by atoms with Crippen molar-refractivity contribution < 1.29 is 13.2 Å². The van der Waals surface area contributed by atoms with Gasteiger partial charge in [0.2, 0.25) is 0 Å². The molecule has 1 aromatic carbocycles. The molecule has 0 fully saturated rings. The highest BCUT2D eigenvalue weighted by atomic mass is 79.9. The quantitative estimate of drug-likeness (QED) is 0.714. The average Bonchev–Trinajstić information content (AvgIpc) is 2.18. The molecular formula is C11H10BrF3. The summed E-state index contributed by atoms with van der Waals surface area (Å²) in [6.07, 6.45) is 0.331. The van der Waals surface area contributed by atoms with Crippen molar-refractivity contribution in [3.05, 3.63) is 41.5 Å². The summed E-state index contributed by atoms with van der Waals surface area (Å²) in [5, 5.41) is 0.851. The largest absolute Gasteiger partial charge is 0.416 e. The second-order valence-corrected chi connectivity index (χ2v) is 3.79. The highest BCUT2D eigenvalue weighted by Crippen LogP contribution is 2.29. The molecule has 0 aromatic heterocycles. The minimum absolute atomic E-state index is 0.611. The molecule has 0 aliphatic heterocycles. The number of allylic oxidation sites excluding steroid dienone is 1. The van der Waals surface area contributed by atoms with Gasteiger partial charge in [0.15, 0.2) is 0 Å². The molecule has 0 radical (unpaired) electrons. The fourth-order valence-corrected chi connectivity index (χ4v) is 1.33. The highest BCUT2D eigenvalue weighted by Gasteiger charge is 2.29. The molecule has 1 rings (SSSR count). The van der Waals surface area contributed by atoms with Crippen LogP contribution in [0.15, 0.2) is 30.3 Å². The van der Waals surface area contributed by atoms with Gasteiger partial charge in [-0.05, 0) is 24.1 Å². The zero-order valence-corrected chi connectivity index (χ0v) is 9.48. The molecule has 0 nitrogen and oxygen atoms in total. The predicted molar refractivity (Wildman–Crippen MR) is 58.9 cm³/mol. The number of benzene rings is 1. The van der Waals surface area contributed by atoms with Crippen molar-refractivity contribution in [1.29, 1.82) is 0 Å². The molecule has 0 unspecified atom stereocenters. The monoisotopic (exact) mass is 278 g/mol. The molecule has 0 N–H and O–H groups in total. The van der Waals surface area contributed by atoms with Crippen LogP contribution in [-0.4, -0.2) is 5.33 Å². The van der Waals surface area contributed by atoms with Crippen LogP contribution in [0.25, 0.3) is 6.08 Å². The van der Waals surface area contributed by atoms with Crippen LogP contribution >= 0.6 is 15.9 Å². The van der Waals surface area contributed by atoms with E-state index in [-0.39, 0.29) is 0 Å². The molecule has 0 saturated carbocycles. The number of alkyl halides is 4. The summed E-state index contributed by atoms with van der Waals surface area (Å²) in [5.41, 5.74) is 0.170. The smallest absolute Gasteiger partial charge is 0.166 e. The lowest BCUT2D eigenvalue weighted by molar-refractivity contribution is -0.137. The van der Waals surface area contributed by atoms with Gasteiger partial charge < -0.3 is 0 Å². The lowest BCUT2D eigenvalue weighted by Crippen LogP contribution is -2.03. The Hall–Kier alpha value is -0.770. The second kappa shape index (κ2) is 5.35. The predicted octanol–water partition coefficient (Wildman–Crippen LogP) is 4.50. The molecule has 82 valence electrons. The van der Waals surface area contributed by atoms with Crippen molar-refractivity contribution >= 4 is 22.0 Å². The SMILES string of the molecule is FC(F)(F)c1ccc(/C=C/CCBr)cc1. The van der Waals surface area contributed by atoms with Gasteiger partial charge >= 0.3 is 6.18 Å². The first-order valence-electron chi connectivity index (χ1n) is 4.44. The Bertz CT molecular complexity index is 325. The molecule has 0 aliphatic carbocycles. The van der Waals surface area contributed by atoms with Crippen molar-refractivity contribution in [1.82, 2.24) is 0 Å². The summed E-state index contributed by atoms with van der Waals surface area (Å²) >= 11 is 3.26. The maximum Gasteiger partial charge on any atom is 0.416 e. The van der Waals surface area contributed by atoms with Gasteiger partial charge in [-0.3, -0.25) is 0 Å². The van der Waals surface area contributed by atoms with Gasteiger partial charge in [0.1, 0.15) is 0 Å². The van der Waals surface area contributed by atoms with Crippen LogP contribution in [0, 0.1) is 0 Å². The Morgan fingerprint density at radius 2 is 1.73 bits per heavy atom. The van der Waals surface area contributed by atoms with Crippen molar-refractivity contribution in [3.8, 4) is 0 Å². The van der Waals surface area contributed by atoms with Gasteiger partial charge in [0, 0.05) is 5.33 Å². The summed E-state index contributed by atoms with van der Waals surface area (Å²) < 4.78 is 36.6. The van der Waals surface area contributed by atoms with Crippen molar-refractivity contribution in [2.45, 2.75) is 12.6 Å². The minimum atomic E-state index is -4.25. The molecular weight excluding hydrogens is 269 g/mol. The Kier molecular flexibility index (Phi) is 4.39. The highest BCUT2D eigenvalue weighted by molar-refractivity contribution is 9.09. The zero-order valence-electron chi connectivity index (χ0n) is 7.89. The van der Waals surface area contributed by atoms with Crippen LogP contribution in [0.5, 0.6) is 0 Å². The van der Waals surface area contributed by atoms with Crippen LogP contribution in [0.2, 0.25) is 0 Å². The second-order valence-electron chi connectivity index (χ2n) is 3.00. The number of rotatable bonds is 3. The van der Waals surface area contributed by atoms with E-state index in [2.05, 4.69) is 15.9 Å². The van der Waals surface area contributed by atoms with Crippen LogP contribution in [0.1, 0.15) is 17.5 Å². The molecule has 0 aliphatic rings. The number of halogens is 4. The molecule has 0 amide bonds. The van der Waals surface area contributed by atoms with E-state index in [1.165, 1.54) is 12.1 Å². The fourth-order valence-electron chi connectivity index (χ4n) is 1.07. The van der Waals surface area contributed by atoms with Crippen LogP contribution in [0.3, 0.4) is 0 Å². The molecule has 4 heteroatoms. The fraction of sp³-hybridized carbons (Fsp3) is 0.273. The van der Waals surface area contributed by atoms with Crippen LogP contribution < -0.4 is 0 Å². The normalized spacial score (nSPS) is 12.3. The number of hydrogen-bond donors (Lipinski definition) is 0. The number of hydrogen-bond acceptors (Lipinski definition) is 0. The molecule has 1 aromatic rings. The first kappa shape index (κ1) is 12.3. The van der Waals surface area contributed by atoms with Crippen LogP contribution in [0.4, 0.5) is 13.2 Å². The first-order chi connectivity index (χ1) is 7.04. The molecule has 0 spiro atoms. The Labute approximate surface area is 94.9 Å². The van der Waals surface area contributed by atoms with E-state index in [1.807, 2.05) is 6.08 Å². The summed E-state index contributed by atoms with van der Waals surface area (Å²) in [6, 6.07) is 5.11. The first-order valence-corrected chi connectivity index (χ1v) is 5.56. The van der Waals surface area contributed by atoms with Gasteiger partial charge in [0.05, 0.1) is 5.56 Å². The molecule has 0 saturated heterocycles.